The molecule has 1 aliphatic heterocycles. The maximum absolute atomic E-state index is 13.3. The minimum atomic E-state index is -4.19. The minimum Gasteiger partial charge on any atom is -0.350 e. The quantitative estimate of drug-likeness (QED) is 0.691. The summed E-state index contributed by atoms with van der Waals surface area (Å²) in [6, 6.07) is 10.1. The molecule has 2 aromatic rings. The van der Waals surface area contributed by atoms with Gasteiger partial charge in [-0.15, -0.1) is 0 Å². The average molecular weight is 476 g/mol. The maximum atomic E-state index is 13.3. The Morgan fingerprint density at radius 2 is 1.70 bits per heavy atom. The van der Waals surface area contributed by atoms with Gasteiger partial charge in [-0.1, -0.05) is 24.3 Å². The fourth-order valence-corrected chi connectivity index (χ4v) is 4.96. The van der Waals surface area contributed by atoms with E-state index in [4.69, 9.17) is 0 Å². The van der Waals surface area contributed by atoms with E-state index >= 15 is 0 Å². The summed E-state index contributed by atoms with van der Waals surface area (Å²) in [5, 5.41) is 2.79. The summed E-state index contributed by atoms with van der Waals surface area (Å²) in [5.41, 5.74) is -0.0285. The molecule has 1 aliphatic rings. The largest absolute Gasteiger partial charge is 0.350 e. The summed E-state index contributed by atoms with van der Waals surface area (Å²) >= 11 is 0. The van der Waals surface area contributed by atoms with Crippen LogP contribution in [0.1, 0.15) is 43.6 Å². The number of nitrogens with zero attached hydrogens (tertiary/aromatic N) is 2. The molecule has 1 heterocycles. The zero-order chi connectivity index (χ0) is 24.6. The van der Waals surface area contributed by atoms with Crippen LogP contribution in [0.4, 0.5) is 4.39 Å². The van der Waals surface area contributed by atoms with Crippen LogP contribution in [0.15, 0.2) is 53.4 Å². The van der Waals surface area contributed by atoms with Crippen molar-refractivity contribution in [3.63, 3.8) is 0 Å². The lowest BCUT2D eigenvalue weighted by atomic mass is 10.1. The molecule has 0 spiro atoms. The number of nitrogens with one attached hydrogen (secondary N) is 1. The topological polar surface area (TPSA) is 104 Å². The van der Waals surface area contributed by atoms with Crippen LogP contribution < -0.4 is 5.32 Å². The Balaban J connectivity index is 1.89. The van der Waals surface area contributed by atoms with Crippen LogP contribution in [0, 0.1) is 5.82 Å². The number of rotatable bonds is 6. The van der Waals surface area contributed by atoms with Gasteiger partial charge in [0.05, 0.1) is 5.56 Å². The first-order chi connectivity index (χ1) is 15.3. The van der Waals surface area contributed by atoms with Crippen molar-refractivity contribution >= 4 is 27.7 Å². The molecule has 1 atom stereocenters. The molecular formula is C23H26FN3O5S. The van der Waals surface area contributed by atoms with Crippen molar-refractivity contribution in [2.75, 3.05) is 6.54 Å². The van der Waals surface area contributed by atoms with Gasteiger partial charge in [0.1, 0.15) is 23.3 Å². The van der Waals surface area contributed by atoms with Crippen molar-refractivity contribution in [2.45, 2.75) is 50.7 Å². The van der Waals surface area contributed by atoms with Crippen LogP contribution in [-0.2, 0) is 26.2 Å². The summed E-state index contributed by atoms with van der Waals surface area (Å²) in [6.07, 6.45) is 0. The first-order valence-electron chi connectivity index (χ1n) is 10.3. The first-order valence-corrected chi connectivity index (χ1v) is 11.8. The van der Waals surface area contributed by atoms with Crippen molar-refractivity contribution in [3.8, 4) is 0 Å². The molecule has 0 saturated heterocycles. The van der Waals surface area contributed by atoms with E-state index in [1.807, 2.05) is 0 Å². The molecule has 3 amide bonds. The number of carbonyl (C=O) groups excluding carboxylic acids is 3. The van der Waals surface area contributed by atoms with E-state index in [2.05, 4.69) is 5.32 Å². The molecule has 3 rings (SSSR count). The van der Waals surface area contributed by atoms with Crippen LogP contribution in [-0.4, -0.2) is 53.5 Å². The zero-order valence-corrected chi connectivity index (χ0v) is 19.6. The Morgan fingerprint density at radius 3 is 2.27 bits per heavy atom. The first kappa shape index (κ1) is 24.4. The number of hydrogen-bond donors (Lipinski definition) is 1. The van der Waals surface area contributed by atoms with E-state index < -0.39 is 51.7 Å². The highest BCUT2D eigenvalue weighted by atomic mass is 32.2. The number of fused-ring (bicyclic) bond motifs is 1. The zero-order valence-electron chi connectivity index (χ0n) is 18.8. The number of amides is 3. The van der Waals surface area contributed by atoms with Crippen LogP contribution >= 0.6 is 0 Å². The Morgan fingerprint density at radius 1 is 1.09 bits per heavy atom. The molecule has 0 fully saturated rings. The molecule has 0 bridgehead atoms. The fourth-order valence-electron chi connectivity index (χ4n) is 3.44. The monoisotopic (exact) mass is 475 g/mol. The number of benzene rings is 2. The third kappa shape index (κ3) is 5.22. The van der Waals surface area contributed by atoms with Crippen LogP contribution in [0.2, 0.25) is 0 Å². The Hall–Kier alpha value is -3.27. The number of halogens is 1. The lowest BCUT2D eigenvalue weighted by molar-refractivity contribution is -0.141. The summed E-state index contributed by atoms with van der Waals surface area (Å²) in [5.74, 6) is -2.44. The van der Waals surface area contributed by atoms with E-state index in [1.54, 1.807) is 20.8 Å². The van der Waals surface area contributed by atoms with Crippen molar-refractivity contribution in [1.29, 1.82) is 0 Å². The van der Waals surface area contributed by atoms with E-state index in [0.717, 1.165) is 0 Å². The summed E-state index contributed by atoms with van der Waals surface area (Å²) in [7, 11) is -4.19. The van der Waals surface area contributed by atoms with Crippen molar-refractivity contribution in [3.05, 3.63) is 65.5 Å². The highest BCUT2D eigenvalue weighted by Crippen LogP contribution is 2.30. The lowest BCUT2D eigenvalue weighted by Crippen LogP contribution is -2.54. The fraction of sp³-hybridized carbons (Fsp3) is 0.348. The smallest absolute Gasteiger partial charge is 0.269 e. The average Bonchev–Trinajstić information content (AvgIpc) is 2.92. The van der Waals surface area contributed by atoms with Gasteiger partial charge in [-0.2, -0.15) is 0 Å². The molecular weight excluding hydrogens is 449 g/mol. The number of hydrogen-bond acceptors (Lipinski definition) is 5. The molecule has 0 aromatic heterocycles. The molecule has 0 saturated carbocycles. The van der Waals surface area contributed by atoms with Crippen molar-refractivity contribution in [1.82, 2.24) is 14.5 Å². The molecule has 8 nitrogen and oxygen atoms in total. The summed E-state index contributed by atoms with van der Waals surface area (Å²) in [6.45, 7) is 6.04. The van der Waals surface area contributed by atoms with Crippen LogP contribution in [0.3, 0.4) is 0 Å². The van der Waals surface area contributed by atoms with Gasteiger partial charge < -0.3 is 10.2 Å². The third-order valence-electron chi connectivity index (χ3n) is 5.12. The van der Waals surface area contributed by atoms with Gasteiger partial charge in [0, 0.05) is 12.1 Å². The Kier molecular flexibility index (Phi) is 6.60. The predicted molar refractivity (Wildman–Crippen MR) is 119 cm³/mol. The number of carbonyl (C=O) groups is 3. The second kappa shape index (κ2) is 8.93. The van der Waals surface area contributed by atoms with Crippen molar-refractivity contribution < 1.29 is 27.2 Å². The third-order valence-corrected chi connectivity index (χ3v) is 6.91. The van der Waals surface area contributed by atoms with E-state index in [-0.39, 0.29) is 17.0 Å². The van der Waals surface area contributed by atoms with Crippen molar-refractivity contribution in [2.24, 2.45) is 0 Å². The van der Waals surface area contributed by atoms with E-state index in [9.17, 15) is 27.2 Å². The molecule has 10 heteroatoms. The lowest BCUT2D eigenvalue weighted by Gasteiger charge is -2.32. The SMILES string of the molecule is C[C@@H](C(=O)NC(C)(C)C)N(Cc1ccc(F)cc1)C(=O)CN1C(=O)c2ccccc2S1(=O)=O. The van der Waals surface area contributed by atoms with Gasteiger partial charge in [-0.3, -0.25) is 14.4 Å². The molecule has 2 aromatic carbocycles. The highest BCUT2D eigenvalue weighted by molar-refractivity contribution is 7.90. The van der Waals surface area contributed by atoms with Gasteiger partial charge in [0.15, 0.2) is 0 Å². The van der Waals surface area contributed by atoms with Gasteiger partial charge in [-0.25, -0.2) is 17.1 Å². The molecule has 0 unspecified atom stereocenters. The molecule has 176 valence electrons. The normalized spacial score (nSPS) is 15.7. The van der Waals surface area contributed by atoms with Gasteiger partial charge >= 0.3 is 0 Å². The van der Waals surface area contributed by atoms with Crippen LogP contribution in [0.5, 0.6) is 0 Å². The van der Waals surface area contributed by atoms with Crippen LogP contribution in [0.25, 0.3) is 0 Å². The second-order valence-electron chi connectivity index (χ2n) is 8.88. The highest BCUT2D eigenvalue weighted by Gasteiger charge is 2.43. The van der Waals surface area contributed by atoms with Gasteiger partial charge in [0.25, 0.3) is 15.9 Å². The predicted octanol–water partition coefficient (Wildman–Crippen LogP) is 2.30. The molecule has 0 aliphatic carbocycles. The summed E-state index contributed by atoms with van der Waals surface area (Å²) < 4.78 is 39.6. The number of sulfonamides is 1. The standard InChI is InChI=1S/C23H26FN3O5S/c1-15(21(29)25-23(2,3)4)26(13-16-9-11-17(24)12-10-16)20(28)14-27-22(30)18-7-5-6-8-19(18)33(27,31)32/h5-12,15H,13-14H2,1-4H3,(H,25,29)/t15-/m0/s1. The summed E-state index contributed by atoms with van der Waals surface area (Å²) in [4.78, 5) is 39.8. The van der Waals surface area contributed by atoms with Gasteiger partial charge in [-0.05, 0) is 57.5 Å². The Labute approximate surface area is 192 Å². The minimum absolute atomic E-state index is 0.00564. The van der Waals surface area contributed by atoms with E-state index in [0.29, 0.717) is 9.87 Å². The second-order valence-corrected chi connectivity index (χ2v) is 10.7. The van der Waals surface area contributed by atoms with E-state index in [1.165, 1.54) is 60.4 Å². The Bertz CT molecular complexity index is 1190. The maximum Gasteiger partial charge on any atom is 0.269 e. The molecule has 1 N–H and O–H groups in total. The molecule has 33 heavy (non-hydrogen) atoms. The van der Waals surface area contributed by atoms with Gasteiger partial charge in [0.2, 0.25) is 11.8 Å². The molecule has 0 radical (unpaired) electrons.